The summed E-state index contributed by atoms with van der Waals surface area (Å²) in [5, 5.41) is 0. The maximum absolute atomic E-state index is 11.5. The second-order valence-electron chi connectivity index (χ2n) is 3.64. The molecule has 2 N–H and O–H groups in total. The van der Waals surface area contributed by atoms with Crippen LogP contribution in [0, 0.1) is 0 Å². The number of carbonyl (C=O) groups excluding carboxylic acids is 1. The van der Waals surface area contributed by atoms with Gasteiger partial charge in [0.05, 0.1) is 0 Å². The molecule has 82 valence electrons. The highest BCUT2D eigenvalue weighted by molar-refractivity contribution is 5.77. The van der Waals surface area contributed by atoms with E-state index in [-0.39, 0.29) is 12.5 Å². The molecule has 0 aliphatic carbocycles. The lowest BCUT2D eigenvalue weighted by Gasteiger charge is -2.26. The van der Waals surface area contributed by atoms with E-state index in [1.807, 2.05) is 4.90 Å². The largest absolute Gasteiger partial charge is 0.372 e. The number of ether oxygens (including phenoxy) is 1. The lowest BCUT2D eigenvalue weighted by Crippen LogP contribution is -2.38. The second kappa shape index (κ2) is 6.79. The van der Waals surface area contributed by atoms with Crippen molar-refractivity contribution < 1.29 is 9.53 Å². The predicted octanol–water partition coefficient (Wildman–Crippen LogP) is 0.364. The van der Waals surface area contributed by atoms with Gasteiger partial charge in [0, 0.05) is 19.7 Å². The van der Waals surface area contributed by atoms with Gasteiger partial charge in [0.15, 0.2) is 0 Å². The van der Waals surface area contributed by atoms with Gasteiger partial charge in [0.25, 0.3) is 0 Å². The lowest BCUT2D eigenvalue weighted by molar-refractivity contribution is -0.137. The Labute approximate surface area is 85.4 Å². The molecule has 4 nitrogen and oxygen atoms in total. The number of likely N-dealkylation sites (tertiary alicyclic amines) is 1. The fraction of sp³-hybridized carbons (Fsp3) is 0.900. The van der Waals surface area contributed by atoms with Crippen LogP contribution >= 0.6 is 0 Å². The van der Waals surface area contributed by atoms with Gasteiger partial charge in [-0.05, 0) is 32.2 Å². The fourth-order valence-electron chi connectivity index (χ4n) is 1.58. The number of hydrogen-bond acceptors (Lipinski definition) is 3. The first-order valence-corrected chi connectivity index (χ1v) is 5.40. The summed E-state index contributed by atoms with van der Waals surface area (Å²) in [5.74, 6) is 0.127. The van der Waals surface area contributed by atoms with Crippen molar-refractivity contribution in [2.75, 3.05) is 32.8 Å². The van der Waals surface area contributed by atoms with E-state index in [2.05, 4.69) is 0 Å². The van der Waals surface area contributed by atoms with Crippen LogP contribution in [-0.2, 0) is 9.53 Å². The topological polar surface area (TPSA) is 55.6 Å². The van der Waals surface area contributed by atoms with Crippen molar-refractivity contribution in [1.82, 2.24) is 4.90 Å². The number of nitrogens with zero attached hydrogens (tertiary/aromatic N) is 1. The number of piperidine rings is 1. The third-order valence-corrected chi connectivity index (χ3v) is 2.43. The number of amides is 1. The van der Waals surface area contributed by atoms with E-state index in [4.69, 9.17) is 10.5 Å². The standard InChI is InChI=1S/C10H20N2O2/c11-5-4-8-14-9-10(13)12-6-2-1-3-7-12/h1-9,11H2. The van der Waals surface area contributed by atoms with Crippen LogP contribution in [0.4, 0.5) is 0 Å². The van der Waals surface area contributed by atoms with Crippen molar-refractivity contribution in [3.63, 3.8) is 0 Å². The second-order valence-corrected chi connectivity index (χ2v) is 3.64. The normalized spacial score (nSPS) is 17.1. The fourth-order valence-corrected chi connectivity index (χ4v) is 1.58. The van der Waals surface area contributed by atoms with Crippen LogP contribution in [0.15, 0.2) is 0 Å². The third-order valence-electron chi connectivity index (χ3n) is 2.43. The molecule has 1 aliphatic rings. The Morgan fingerprint density at radius 3 is 2.64 bits per heavy atom. The Hall–Kier alpha value is -0.610. The maximum Gasteiger partial charge on any atom is 0.248 e. The molecule has 0 atom stereocenters. The van der Waals surface area contributed by atoms with Crippen molar-refractivity contribution in [1.29, 1.82) is 0 Å². The molecule has 1 fully saturated rings. The van der Waals surface area contributed by atoms with Crippen molar-refractivity contribution in [2.45, 2.75) is 25.7 Å². The number of rotatable bonds is 5. The minimum Gasteiger partial charge on any atom is -0.372 e. The summed E-state index contributed by atoms with van der Waals surface area (Å²) >= 11 is 0. The van der Waals surface area contributed by atoms with Gasteiger partial charge < -0.3 is 15.4 Å². The van der Waals surface area contributed by atoms with E-state index < -0.39 is 0 Å². The van der Waals surface area contributed by atoms with Gasteiger partial charge in [-0.15, -0.1) is 0 Å². The van der Waals surface area contributed by atoms with E-state index in [1.54, 1.807) is 0 Å². The molecule has 1 saturated heterocycles. The SMILES string of the molecule is NCCCOCC(=O)N1CCCCC1. The Bertz CT molecular complexity index is 168. The van der Waals surface area contributed by atoms with Crippen LogP contribution in [0.2, 0.25) is 0 Å². The molecular weight excluding hydrogens is 180 g/mol. The molecule has 0 aromatic heterocycles. The first-order valence-electron chi connectivity index (χ1n) is 5.40. The van der Waals surface area contributed by atoms with Gasteiger partial charge in [-0.25, -0.2) is 0 Å². The smallest absolute Gasteiger partial charge is 0.248 e. The number of nitrogens with two attached hydrogens (primary N) is 1. The maximum atomic E-state index is 11.5. The first-order chi connectivity index (χ1) is 6.84. The molecule has 0 aromatic rings. The lowest BCUT2D eigenvalue weighted by atomic mass is 10.1. The van der Waals surface area contributed by atoms with Gasteiger partial charge in [0.2, 0.25) is 5.91 Å². The highest BCUT2D eigenvalue weighted by Crippen LogP contribution is 2.08. The highest BCUT2D eigenvalue weighted by Gasteiger charge is 2.15. The van der Waals surface area contributed by atoms with Crippen molar-refractivity contribution in [3.8, 4) is 0 Å². The average molecular weight is 200 g/mol. The Balaban J connectivity index is 2.07. The molecule has 0 unspecified atom stereocenters. The summed E-state index contributed by atoms with van der Waals surface area (Å²) in [5.41, 5.74) is 5.31. The monoisotopic (exact) mass is 200 g/mol. The van der Waals surface area contributed by atoms with Crippen molar-refractivity contribution in [2.24, 2.45) is 5.73 Å². The summed E-state index contributed by atoms with van der Waals surface area (Å²) in [4.78, 5) is 13.4. The summed E-state index contributed by atoms with van der Waals surface area (Å²) in [6, 6.07) is 0. The zero-order valence-corrected chi connectivity index (χ0v) is 8.71. The van der Waals surface area contributed by atoms with Gasteiger partial charge in [-0.1, -0.05) is 0 Å². The minimum absolute atomic E-state index is 0.127. The van der Waals surface area contributed by atoms with Gasteiger partial charge in [-0.3, -0.25) is 4.79 Å². The zero-order chi connectivity index (χ0) is 10.2. The molecule has 0 radical (unpaired) electrons. The predicted molar refractivity (Wildman–Crippen MR) is 54.9 cm³/mol. The molecule has 1 aliphatic heterocycles. The Morgan fingerprint density at radius 1 is 1.29 bits per heavy atom. The average Bonchev–Trinajstić information content (AvgIpc) is 2.25. The van der Waals surface area contributed by atoms with Crippen molar-refractivity contribution >= 4 is 5.91 Å². The highest BCUT2D eigenvalue weighted by atomic mass is 16.5. The quantitative estimate of drug-likeness (QED) is 0.652. The summed E-state index contributed by atoms with van der Waals surface area (Å²) < 4.78 is 5.22. The molecule has 0 bridgehead atoms. The number of hydrogen-bond donors (Lipinski definition) is 1. The Kier molecular flexibility index (Phi) is 5.56. The van der Waals surface area contributed by atoms with E-state index in [0.717, 1.165) is 32.4 Å². The van der Waals surface area contributed by atoms with Gasteiger partial charge in [-0.2, -0.15) is 0 Å². The Morgan fingerprint density at radius 2 is 2.00 bits per heavy atom. The zero-order valence-electron chi connectivity index (χ0n) is 8.71. The van der Waals surface area contributed by atoms with E-state index >= 15 is 0 Å². The molecule has 1 rings (SSSR count). The van der Waals surface area contributed by atoms with Gasteiger partial charge in [0.1, 0.15) is 6.61 Å². The van der Waals surface area contributed by atoms with E-state index in [1.165, 1.54) is 6.42 Å². The summed E-state index contributed by atoms with van der Waals surface area (Å²) in [6.45, 7) is 3.24. The number of carbonyl (C=O) groups is 1. The molecule has 0 spiro atoms. The van der Waals surface area contributed by atoms with Crippen LogP contribution in [0.25, 0.3) is 0 Å². The molecule has 1 heterocycles. The summed E-state index contributed by atoms with van der Waals surface area (Å²) in [7, 11) is 0. The summed E-state index contributed by atoms with van der Waals surface area (Å²) in [6.07, 6.45) is 4.34. The van der Waals surface area contributed by atoms with Gasteiger partial charge >= 0.3 is 0 Å². The van der Waals surface area contributed by atoms with E-state index in [0.29, 0.717) is 13.2 Å². The molecular formula is C10H20N2O2. The van der Waals surface area contributed by atoms with Crippen LogP contribution in [0.5, 0.6) is 0 Å². The molecule has 4 heteroatoms. The van der Waals surface area contributed by atoms with E-state index in [9.17, 15) is 4.79 Å². The molecule has 0 saturated carbocycles. The molecule has 14 heavy (non-hydrogen) atoms. The molecule has 0 aromatic carbocycles. The molecule has 1 amide bonds. The van der Waals surface area contributed by atoms with Crippen LogP contribution < -0.4 is 5.73 Å². The first kappa shape index (κ1) is 11.5. The third kappa shape index (κ3) is 4.07. The van der Waals surface area contributed by atoms with Crippen LogP contribution in [0.1, 0.15) is 25.7 Å². The van der Waals surface area contributed by atoms with Crippen LogP contribution in [-0.4, -0.2) is 43.7 Å². The van der Waals surface area contributed by atoms with Crippen LogP contribution in [0.3, 0.4) is 0 Å². The minimum atomic E-state index is 0.127. The van der Waals surface area contributed by atoms with Crippen molar-refractivity contribution in [3.05, 3.63) is 0 Å².